The second-order valence-corrected chi connectivity index (χ2v) is 4.44. The molecular formula is C14H22O6. The highest BCUT2D eigenvalue weighted by Gasteiger charge is 2.27. The molecule has 20 heavy (non-hydrogen) atoms. The van der Waals surface area contributed by atoms with Crippen molar-refractivity contribution < 1.29 is 28.5 Å². The van der Waals surface area contributed by atoms with Crippen molar-refractivity contribution in [3.8, 4) is 0 Å². The molecule has 1 aliphatic rings. The van der Waals surface area contributed by atoms with Crippen LogP contribution in [-0.2, 0) is 28.5 Å². The number of ether oxygens (including phenoxy) is 4. The molecule has 0 aromatic rings. The summed E-state index contributed by atoms with van der Waals surface area (Å²) >= 11 is 0. The molecule has 0 aromatic heterocycles. The summed E-state index contributed by atoms with van der Waals surface area (Å²) in [4.78, 5) is 22.8. The van der Waals surface area contributed by atoms with E-state index in [2.05, 4.69) is 9.47 Å². The van der Waals surface area contributed by atoms with E-state index in [4.69, 9.17) is 9.47 Å². The van der Waals surface area contributed by atoms with E-state index in [1.165, 1.54) is 14.2 Å². The molecule has 6 heteroatoms. The van der Waals surface area contributed by atoms with Crippen molar-refractivity contribution in [3.05, 3.63) is 12.2 Å². The van der Waals surface area contributed by atoms with Crippen molar-refractivity contribution in [2.75, 3.05) is 27.4 Å². The molecular weight excluding hydrogens is 264 g/mol. The lowest BCUT2D eigenvalue weighted by Crippen LogP contribution is -2.26. The highest BCUT2D eigenvalue weighted by Crippen LogP contribution is 2.14. The zero-order chi connectivity index (χ0) is 14.8. The van der Waals surface area contributed by atoms with E-state index in [0.717, 1.165) is 25.9 Å². The van der Waals surface area contributed by atoms with Gasteiger partial charge in [0.1, 0.15) is 0 Å². The summed E-state index contributed by atoms with van der Waals surface area (Å²) in [6, 6.07) is 0. The van der Waals surface area contributed by atoms with Crippen molar-refractivity contribution in [3.63, 3.8) is 0 Å². The van der Waals surface area contributed by atoms with Gasteiger partial charge in [-0.25, -0.2) is 0 Å². The van der Waals surface area contributed by atoms with E-state index in [9.17, 15) is 9.59 Å². The maximum atomic E-state index is 11.4. The number of esters is 2. The first-order valence-corrected chi connectivity index (χ1v) is 6.73. The molecule has 1 atom stereocenters. The van der Waals surface area contributed by atoms with Gasteiger partial charge in [0.2, 0.25) is 0 Å². The smallest absolute Gasteiger partial charge is 0.320 e. The van der Waals surface area contributed by atoms with Gasteiger partial charge in [0.15, 0.2) is 12.2 Å². The summed E-state index contributed by atoms with van der Waals surface area (Å²) in [5, 5.41) is 0. The number of hydrogen-bond donors (Lipinski definition) is 0. The van der Waals surface area contributed by atoms with Crippen molar-refractivity contribution in [2.24, 2.45) is 5.92 Å². The summed E-state index contributed by atoms with van der Waals surface area (Å²) in [6.45, 7) is 1.13. The van der Waals surface area contributed by atoms with Gasteiger partial charge in [-0.15, -0.1) is 0 Å². The van der Waals surface area contributed by atoms with E-state index >= 15 is 0 Å². The fraction of sp³-hybridized carbons (Fsp3) is 0.714. The second kappa shape index (κ2) is 9.50. The van der Waals surface area contributed by atoms with Crippen molar-refractivity contribution >= 4 is 11.9 Å². The Morgan fingerprint density at radius 1 is 1.20 bits per heavy atom. The van der Waals surface area contributed by atoms with Crippen molar-refractivity contribution in [2.45, 2.75) is 32.0 Å². The third kappa shape index (κ3) is 5.71. The topological polar surface area (TPSA) is 71.1 Å². The van der Waals surface area contributed by atoms with Gasteiger partial charge in [-0.1, -0.05) is 12.2 Å². The third-order valence-electron chi connectivity index (χ3n) is 3.03. The van der Waals surface area contributed by atoms with Gasteiger partial charge < -0.3 is 18.9 Å². The van der Waals surface area contributed by atoms with Crippen LogP contribution in [0.15, 0.2) is 12.2 Å². The van der Waals surface area contributed by atoms with Crippen LogP contribution < -0.4 is 0 Å². The monoisotopic (exact) mass is 286 g/mol. The lowest BCUT2D eigenvalue weighted by atomic mass is 10.1. The van der Waals surface area contributed by atoms with Crippen molar-refractivity contribution in [1.82, 2.24) is 0 Å². The maximum Gasteiger partial charge on any atom is 0.320 e. The molecule has 1 fully saturated rings. The van der Waals surface area contributed by atoms with E-state index in [1.807, 2.05) is 0 Å². The molecule has 1 aliphatic heterocycles. The quantitative estimate of drug-likeness (QED) is 0.400. The SMILES string of the molecule is COC(=O)C(C/C=C/COC1CCCCO1)C(=O)OC. The Balaban J connectivity index is 2.29. The first-order chi connectivity index (χ1) is 9.69. The van der Waals surface area contributed by atoms with Gasteiger partial charge in [-0.2, -0.15) is 0 Å². The number of allylic oxidation sites excluding steroid dienone is 1. The molecule has 0 amide bonds. The number of carbonyl (C=O) groups is 2. The van der Waals surface area contributed by atoms with Crippen LogP contribution in [0.2, 0.25) is 0 Å². The summed E-state index contributed by atoms with van der Waals surface area (Å²) in [5.74, 6) is -2.12. The fourth-order valence-corrected chi connectivity index (χ4v) is 1.88. The Morgan fingerprint density at radius 3 is 2.45 bits per heavy atom. The van der Waals surface area contributed by atoms with Gasteiger partial charge in [0.05, 0.1) is 20.8 Å². The predicted octanol–water partition coefficient (Wildman–Crippen LogP) is 1.44. The van der Waals surface area contributed by atoms with Crippen LogP contribution in [0.5, 0.6) is 0 Å². The molecule has 0 bridgehead atoms. The average molecular weight is 286 g/mol. The number of methoxy groups -OCH3 is 2. The van der Waals surface area contributed by atoms with Crippen LogP contribution in [-0.4, -0.2) is 45.7 Å². The molecule has 0 aromatic carbocycles. The Hall–Kier alpha value is -1.40. The zero-order valence-corrected chi connectivity index (χ0v) is 12.0. The summed E-state index contributed by atoms with van der Waals surface area (Å²) in [7, 11) is 2.48. The van der Waals surface area contributed by atoms with Gasteiger partial charge in [0.25, 0.3) is 0 Å². The number of rotatable bonds is 7. The maximum absolute atomic E-state index is 11.4. The van der Waals surface area contributed by atoms with Crippen LogP contribution in [0.4, 0.5) is 0 Å². The van der Waals surface area contributed by atoms with Gasteiger partial charge >= 0.3 is 11.9 Å². The largest absolute Gasteiger partial charge is 0.468 e. The molecule has 1 rings (SSSR count). The molecule has 6 nitrogen and oxygen atoms in total. The number of hydrogen-bond acceptors (Lipinski definition) is 6. The van der Waals surface area contributed by atoms with Crippen LogP contribution >= 0.6 is 0 Å². The average Bonchev–Trinajstić information content (AvgIpc) is 2.50. The molecule has 1 unspecified atom stereocenters. The first-order valence-electron chi connectivity index (χ1n) is 6.73. The lowest BCUT2D eigenvalue weighted by Gasteiger charge is -2.21. The van der Waals surface area contributed by atoms with Crippen LogP contribution in [0, 0.1) is 5.92 Å². The Bertz CT molecular complexity index is 317. The molecule has 1 heterocycles. The van der Waals surface area contributed by atoms with Gasteiger partial charge in [-0.3, -0.25) is 9.59 Å². The van der Waals surface area contributed by atoms with Crippen LogP contribution in [0.1, 0.15) is 25.7 Å². The summed E-state index contributed by atoms with van der Waals surface area (Å²) in [5.41, 5.74) is 0. The zero-order valence-electron chi connectivity index (χ0n) is 12.0. The molecule has 0 radical (unpaired) electrons. The Labute approximate surface area is 119 Å². The third-order valence-corrected chi connectivity index (χ3v) is 3.03. The van der Waals surface area contributed by atoms with Gasteiger partial charge in [0, 0.05) is 6.61 Å². The predicted molar refractivity (Wildman–Crippen MR) is 70.8 cm³/mol. The molecule has 0 N–H and O–H groups in total. The molecule has 0 spiro atoms. The highest BCUT2D eigenvalue weighted by molar-refractivity contribution is 5.94. The van der Waals surface area contributed by atoms with E-state index in [-0.39, 0.29) is 12.7 Å². The normalized spacial score (nSPS) is 19.2. The first kappa shape index (κ1) is 16.7. The molecule has 114 valence electrons. The van der Waals surface area contributed by atoms with E-state index in [0.29, 0.717) is 6.61 Å². The van der Waals surface area contributed by atoms with Crippen LogP contribution in [0.25, 0.3) is 0 Å². The molecule has 0 saturated carbocycles. The lowest BCUT2D eigenvalue weighted by molar-refractivity contribution is -0.158. The van der Waals surface area contributed by atoms with E-state index < -0.39 is 17.9 Å². The Morgan fingerprint density at radius 2 is 1.90 bits per heavy atom. The Kier molecular flexibility index (Phi) is 7.91. The minimum atomic E-state index is -0.924. The summed E-state index contributed by atoms with van der Waals surface area (Å²) < 4.78 is 20.0. The minimum Gasteiger partial charge on any atom is -0.468 e. The molecule has 0 aliphatic carbocycles. The number of carbonyl (C=O) groups excluding carboxylic acids is 2. The second-order valence-electron chi connectivity index (χ2n) is 4.44. The summed E-state index contributed by atoms with van der Waals surface area (Å²) in [6.07, 6.45) is 6.65. The van der Waals surface area contributed by atoms with Crippen molar-refractivity contribution in [1.29, 1.82) is 0 Å². The standard InChI is InChI=1S/C14H22O6/c1-17-13(15)11(14(16)18-2)7-3-5-9-19-12-8-4-6-10-20-12/h3,5,11-12H,4,6-10H2,1-2H3/b5-3+. The van der Waals surface area contributed by atoms with E-state index in [1.54, 1.807) is 12.2 Å². The molecule has 1 saturated heterocycles. The fourth-order valence-electron chi connectivity index (χ4n) is 1.88. The van der Waals surface area contributed by atoms with Crippen LogP contribution in [0.3, 0.4) is 0 Å². The minimum absolute atomic E-state index is 0.148. The van der Waals surface area contributed by atoms with Gasteiger partial charge in [-0.05, 0) is 25.7 Å². The highest BCUT2D eigenvalue weighted by atomic mass is 16.7.